The molecular formula is C21H11ClO. The molecule has 0 aliphatic rings. The summed E-state index contributed by atoms with van der Waals surface area (Å²) in [5.41, 5.74) is 0.577. The van der Waals surface area contributed by atoms with Crippen molar-refractivity contribution in [3.63, 3.8) is 0 Å². The average Bonchev–Trinajstić information content (AvgIpc) is 2.58. The Kier molecular flexibility index (Phi) is 2.48. The van der Waals surface area contributed by atoms with Gasteiger partial charge >= 0.3 is 0 Å². The molecule has 0 amide bonds. The van der Waals surface area contributed by atoms with Crippen molar-refractivity contribution in [2.24, 2.45) is 0 Å². The minimum Gasteiger partial charge on any atom is -0.276 e. The van der Waals surface area contributed by atoms with E-state index in [1.54, 1.807) is 0 Å². The molecule has 0 N–H and O–H groups in total. The molecule has 5 rings (SSSR count). The third-order valence-electron chi connectivity index (χ3n) is 4.72. The molecule has 0 fully saturated rings. The number of fused-ring (bicyclic) bond motifs is 2. The van der Waals surface area contributed by atoms with E-state index < -0.39 is 5.24 Å². The van der Waals surface area contributed by atoms with Gasteiger partial charge in [0.2, 0.25) is 0 Å². The van der Waals surface area contributed by atoms with Crippen LogP contribution >= 0.6 is 11.6 Å². The zero-order valence-corrected chi connectivity index (χ0v) is 12.9. The summed E-state index contributed by atoms with van der Waals surface area (Å²) in [7, 11) is 0. The zero-order chi connectivity index (χ0) is 15.6. The van der Waals surface area contributed by atoms with Gasteiger partial charge in [0.25, 0.3) is 5.24 Å². The van der Waals surface area contributed by atoms with Crippen LogP contribution in [0.3, 0.4) is 0 Å². The summed E-state index contributed by atoms with van der Waals surface area (Å²) >= 11 is 5.89. The fourth-order valence-corrected chi connectivity index (χ4v) is 3.98. The molecule has 0 saturated heterocycles. The molecule has 0 spiro atoms. The molecule has 108 valence electrons. The number of halogens is 1. The van der Waals surface area contributed by atoms with Crippen molar-refractivity contribution in [2.45, 2.75) is 0 Å². The summed E-state index contributed by atoms with van der Waals surface area (Å²) in [6.07, 6.45) is 0. The van der Waals surface area contributed by atoms with Gasteiger partial charge in [-0.05, 0) is 55.4 Å². The topological polar surface area (TPSA) is 17.1 Å². The van der Waals surface area contributed by atoms with Crippen LogP contribution < -0.4 is 0 Å². The maximum Gasteiger partial charge on any atom is 0.253 e. The zero-order valence-electron chi connectivity index (χ0n) is 12.1. The fourth-order valence-electron chi connectivity index (χ4n) is 3.82. The lowest BCUT2D eigenvalue weighted by Crippen LogP contribution is -1.94. The van der Waals surface area contributed by atoms with Crippen molar-refractivity contribution in [3.8, 4) is 0 Å². The van der Waals surface area contributed by atoms with Crippen molar-refractivity contribution in [1.29, 1.82) is 0 Å². The number of hydrogen-bond acceptors (Lipinski definition) is 1. The number of carbonyl (C=O) groups is 1. The van der Waals surface area contributed by atoms with Gasteiger partial charge in [0.1, 0.15) is 0 Å². The molecule has 0 aliphatic heterocycles. The Morgan fingerprint density at radius 1 is 0.609 bits per heavy atom. The van der Waals surface area contributed by atoms with E-state index in [2.05, 4.69) is 48.5 Å². The van der Waals surface area contributed by atoms with E-state index in [9.17, 15) is 4.79 Å². The van der Waals surface area contributed by atoms with Crippen LogP contribution in [0.5, 0.6) is 0 Å². The number of rotatable bonds is 1. The first-order valence-corrected chi connectivity index (χ1v) is 7.91. The summed E-state index contributed by atoms with van der Waals surface area (Å²) in [6.45, 7) is 0. The minimum absolute atomic E-state index is 0.409. The van der Waals surface area contributed by atoms with Crippen LogP contribution in [-0.4, -0.2) is 5.24 Å². The summed E-state index contributed by atoms with van der Waals surface area (Å²) in [4.78, 5) is 12.0. The number of benzene rings is 5. The molecule has 0 heterocycles. The lowest BCUT2D eigenvalue weighted by molar-refractivity contribution is 0.108. The van der Waals surface area contributed by atoms with E-state index in [4.69, 9.17) is 11.6 Å². The van der Waals surface area contributed by atoms with Crippen molar-refractivity contribution in [1.82, 2.24) is 0 Å². The lowest BCUT2D eigenvalue weighted by Gasteiger charge is -2.15. The molecule has 23 heavy (non-hydrogen) atoms. The highest BCUT2D eigenvalue weighted by atomic mass is 35.5. The Hall–Kier alpha value is -2.64. The van der Waals surface area contributed by atoms with Gasteiger partial charge in [-0.25, -0.2) is 0 Å². The maximum absolute atomic E-state index is 12.0. The fraction of sp³-hybridized carbons (Fsp3) is 0. The van der Waals surface area contributed by atoms with E-state index in [0.29, 0.717) is 5.56 Å². The highest BCUT2D eigenvalue weighted by Crippen LogP contribution is 2.41. The van der Waals surface area contributed by atoms with Crippen LogP contribution in [0.2, 0.25) is 0 Å². The number of hydrogen-bond donors (Lipinski definition) is 0. The summed E-state index contributed by atoms with van der Waals surface area (Å²) < 4.78 is 0. The normalized spacial score (nSPS) is 11.9. The molecule has 5 aromatic carbocycles. The second kappa shape index (κ2) is 4.43. The number of carbonyl (C=O) groups excluding carboxylic acids is 1. The molecule has 0 aliphatic carbocycles. The predicted octanol–water partition coefficient (Wildman–Crippen LogP) is 6.12. The molecule has 0 saturated carbocycles. The Bertz CT molecular complexity index is 1230. The molecule has 0 bridgehead atoms. The Morgan fingerprint density at radius 3 is 1.83 bits per heavy atom. The van der Waals surface area contributed by atoms with Gasteiger partial charge in [0, 0.05) is 10.9 Å². The van der Waals surface area contributed by atoms with Crippen LogP contribution in [0.15, 0.2) is 66.7 Å². The predicted molar refractivity (Wildman–Crippen MR) is 97.8 cm³/mol. The second-order valence-electron chi connectivity index (χ2n) is 5.87. The molecule has 0 aromatic heterocycles. The van der Waals surface area contributed by atoms with E-state index >= 15 is 0 Å². The second-order valence-corrected chi connectivity index (χ2v) is 6.22. The molecule has 1 nitrogen and oxygen atoms in total. The molecule has 0 unspecified atom stereocenters. The minimum atomic E-state index is -0.409. The van der Waals surface area contributed by atoms with Crippen LogP contribution in [0.4, 0.5) is 0 Å². The first-order valence-electron chi connectivity index (χ1n) is 7.54. The van der Waals surface area contributed by atoms with Crippen LogP contribution in [0.1, 0.15) is 10.4 Å². The van der Waals surface area contributed by atoms with Crippen molar-refractivity contribution >= 4 is 59.9 Å². The van der Waals surface area contributed by atoms with E-state index in [-0.39, 0.29) is 0 Å². The van der Waals surface area contributed by atoms with Gasteiger partial charge in [-0.1, -0.05) is 60.7 Å². The first-order chi connectivity index (χ1) is 11.3. The van der Waals surface area contributed by atoms with Gasteiger partial charge in [-0.3, -0.25) is 4.79 Å². The average molecular weight is 315 g/mol. The third kappa shape index (κ3) is 1.60. The summed E-state index contributed by atoms with van der Waals surface area (Å²) in [5, 5.41) is 8.65. The van der Waals surface area contributed by atoms with Gasteiger partial charge in [-0.15, -0.1) is 0 Å². The highest BCUT2D eigenvalue weighted by molar-refractivity contribution is 6.69. The van der Waals surface area contributed by atoms with Crippen LogP contribution in [0, 0.1) is 0 Å². The molecule has 5 aromatic rings. The van der Waals surface area contributed by atoms with Gasteiger partial charge in [0.15, 0.2) is 0 Å². The van der Waals surface area contributed by atoms with Crippen LogP contribution in [0.25, 0.3) is 43.1 Å². The van der Waals surface area contributed by atoms with Crippen molar-refractivity contribution in [2.75, 3.05) is 0 Å². The quantitative estimate of drug-likeness (QED) is 0.207. The summed E-state index contributed by atoms with van der Waals surface area (Å²) in [6, 6.07) is 22.7. The van der Waals surface area contributed by atoms with Crippen molar-refractivity contribution in [3.05, 3.63) is 72.3 Å². The smallest absolute Gasteiger partial charge is 0.253 e. The van der Waals surface area contributed by atoms with E-state index in [0.717, 1.165) is 21.5 Å². The maximum atomic E-state index is 12.0. The summed E-state index contributed by atoms with van der Waals surface area (Å²) in [5.74, 6) is 0. The van der Waals surface area contributed by atoms with Gasteiger partial charge in [0.05, 0.1) is 0 Å². The lowest BCUT2D eigenvalue weighted by atomic mass is 9.88. The molecule has 0 radical (unpaired) electrons. The van der Waals surface area contributed by atoms with E-state index in [1.165, 1.54) is 21.5 Å². The van der Waals surface area contributed by atoms with Gasteiger partial charge in [-0.2, -0.15) is 0 Å². The Balaban J connectivity index is 2.28. The Morgan fingerprint density at radius 2 is 1.17 bits per heavy atom. The largest absolute Gasteiger partial charge is 0.276 e. The molecule has 0 atom stereocenters. The molecule has 2 heteroatoms. The highest BCUT2D eigenvalue weighted by Gasteiger charge is 2.17. The van der Waals surface area contributed by atoms with Crippen LogP contribution in [-0.2, 0) is 0 Å². The first kappa shape index (κ1) is 12.9. The standard InChI is InChI=1S/C21H11ClO/c22-21(23)17-11-10-13-6-2-8-15-14-7-1-4-12-5-3-9-16(18(12)14)20(17)19(13)15/h1-11H. The van der Waals surface area contributed by atoms with E-state index in [1.807, 2.05) is 18.2 Å². The SMILES string of the molecule is O=C(Cl)c1ccc2cccc3c4cccc5cccc(c1c23)c54. The Labute approximate surface area is 137 Å². The molecular weight excluding hydrogens is 304 g/mol. The monoisotopic (exact) mass is 314 g/mol. The van der Waals surface area contributed by atoms with Gasteiger partial charge < -0.3 is 0 Å². The van der Waals surface area contributed by atoms with Crippen molar-refractivity contribution < 1.29 is 4.79 Å². The third-order valence-corrected chi connectivity index (χ3v) is 4.93.